The molecule has 1 N–H and O–H groups in total. The molecule has 0 aliphatic heterocycles. The lowest BCUT2D eigenvalue weighted by molar-refractivity contribution is -0.139. The number of unbranched alkanes of at least 4 members (excludes halogenated alkanes) is 2. The summed E-state index contributed by atoms with van der Waals surface area (Å²) in [5.74, 6) is -1.40. The first-order chi connectivity index (χ1) is 5.66. The van der Waals surface area contributed by atoms with Gasteiger partial charge in [0.25, 0.3) is 0 Å². The predicted molar refractivity (Wildman–Crippen MR) is 45.9 cm³/mol. The van der Waals surface area contributed by atoms with Gasteiger partial charge in [-0.05, 0) is 12.5 Å². The maximum Gasteiger partial charge on any atom is 0.311 e. The predicted octanol–water partition coefficient (Wildman–Crippen LogP) is 1.78. The van der Waals surface area contributed by atoms with Gasteiger partial charge < -0.3 is 5.11 Å². The molecule has 0 aromatic heterocycles. The molecular weight excluding hydrogens is 156 g/mol. The second-order valence-electron chi connectivity index (χ2n) is 2.58. The number of carbonyl (C=O) groups is 2. The Balaban J connectivity index is 3.54. The Morgan fingerprint density at radius 2 is 2.08 bits per heavy atom. The first-order valence-electron chi connectivity index (χ1n) is 4.08. The largest absolute Gasteiger partial charge is 0.481 e. The van der Waals surface area contributed by atoms with Crippen LogP contribution in [0.1, 0.15) is 32.6 Å². The summed E-state index contributed by atoms with van der Waals surface area (Å²) in [7, 11) is 0. The van der Waals surface area contributed by atoms with Crippen molar-refractivity contribution in [3.05, 3.63) is 12.2 Å². The van der Waals surface area contributed by atoms with Crippen molar-refractivity contribution in [3.63, 3.8) is 0 Å². The highest BCUT2D eigenvalue weighted by atomic mass is 16.4. The molecule has 0 amide bonds. The molecule has 3 heteroatoms. The van der Waals surface area contributed by atoms with Gasteiger partial charge >= 0.3 is 5.97 Å². The van der Waals surface area contributed by atoms with E-state index in [1.165, 1.54) is 6.08 Å². The van der Waals surface area contributed by atoms with Crippen molar-refractivity contribution in [2.45, 2.75) is 32.6 Å². The van der Waals surface area contributed by atoms with Gasteiger partial charge in [0.1, 0.15) is 6.42 Å². The van der Waals surface area contributed by atoms with Crippen molar-refractivity contribution >= 4 is 11.8 Å². The first-order valence-corrected chi connectivity index (χ1v) is 4.08. The molecular formula is C9H14O3. The Bertz CT molecular complexity index is 182. The molecule has 0 fully saturated rings. The van der Waals surface area contributed by atoms with Crippen LogP contribution in [0.4, 0.5) is 0 Å². The van der Waals surface area contributed by atoms with Crippen LogP contribution in [0, 0.1) is 0 Å². The van der Waals surface area contributed by atoms with Crippen LogP contribution in [0.5, 0.6) is 0 Å². The van der Waals surface area contributed by atoms with Crippen LogP contribution in [0.15, 0.2) is 12.2 Å². The molecule has 12 heavy (non-hydrogen) atoms. The second-order valence-corrected chi connectivity index (χ2v) is 2.58. The lowest BCUT2D eigenvalue weighted by Crippen LogP contribution is -2.02. The average Bonchev–Trinajstić information content (AvgIpc) is 1.97. The van der Waals surface area contributed by atoms with Crippen LogP contribution in [-0.4, -0.2) is 16.9 Å². The Kier molecular flexibility index (Phi) is 5.97. The van der Waals surface area contributed by atoms with Gasteiger partial charge in [0.05, 0.1) is 0 Å². The minimum Gasteiger partial charge on any atom is -0.481 e. The molecule has 0 aromatic carbocycles. The zero-order valence-electron chi connectivity index (χ0n) is 7.25. The van der Waals surface area contributed by atoms with Gasteiger partial charge in [0.2, 0.25) is 0 Å². The van der Waals surface area contributed by atoms with E-state index >= 15 is 0 Å². The zero-order valence-corrected chi connectivity index (χ0v) is 7.25. The normalized spacial score (nSPS) is 10.4. The minimum absolute atomic E-state index is 0.335. The molecule has 0 bridgehead atoms. The molecule has 0 unspecified atom stereocenters. The number of rotatable bonds is 6. The number of carboxylic acids is 1. The Morgan fingerprint density at radius 1 is 1.42 bits per heavy atom. The van der Waals surface area contributed by atoms with Crippen molar-refractivity contribution in [1.29, 1.82) is 0 Å². The lowest BCUT2D eigenvalue weighted by atomic mass is 10.2. The van der Waals surface area contributed by atoms with Crippen LogP contribution in [-0.2, 0) is 9.59 Å². The highest BCUT2D eigenvalue weighted by Crippen LogP contribution is 1.95. The maximum absolute atomic E-state index is 10.7. The maximum atomic E-state index is 10.7. The first kappa shape index (κ1) is 10.9. The standard InChI is InChI=1S/C9H14O3/c1-2-3-4-5-6-8(10)7-9(11)12/h5-6H,2-4,7H2,1H3,(H,11,12). The van der Waals surface area contributed by atoms with Crippen LogP contribution in [0.25, 0.3) is 0 Å². The minimum atomic E-state index is -1.07. The highest BCUT2D eigenvalue weighted by Gasteiger charge is 2.02. The van der Waals surface area contributed by atoms with Crippen molar-refractivity contribution in [3.8, 4) is 0 Å². The van der Waals surface area contributed by atoms with Crippen molar-refractivity contribution in [2.24, 2.45) is 0 Å². The van der Waals surface area contributed by atoms with Crippen LogP contribution < -0.4 is 0 Å². The van der Waals surface area contributed by atoms with E-state index in [0.29, 0.717) is 0 Å². The van der Waals surface area contributed by atoms with E-state index in [1.807, 2.05) is 0 Å². The fourth-order valence-corrected chi connectivity index (χ4v) is 0.745. The molecule has 0 aromatic rings. The van der Waals surface area contributed by atoms with Gasteiger partial charge in [-0.3, -0.25) is 9.59 Å². The molecule has 0 heterocycles. The van der Waals surface area contributed by atoms with E-state index in [2.05, 4.69) is 6.92 Å². The van der Waals surface area contributed by atoms with E-state index in [4.69, 9.17) is 5.11 Å². The lowest BCUT2D eigenvalue weighted by Gasteiger charge is -1.89. The summed E-state index contributed by atoms with van der Waals surface area (Å²) in [5, 5.41) is 8.23. The van der Waals surface area contributed by atoms with E-state index in [0.717, 1.165) is 19.3 Å². The van der Waals surface area contributed by atoms with Crippen molar-refractivity contribution in [2.75, 3.05) is 0 Å². The summed E-state index contributed by atoms with van der Waals surface area (Å²) in [6.07, 6.45) is 5.65. The SMILES string of the molecule is CCCCC=CC(=O)CC(=O)O. The highest BCUT2D eigenvalue weighted by molar-refractivity contribution is 6.01. The van der Waals surface area contributed by atoms with Crippen LogP contribution in [0.2, 0.25) is 0 Å². The summed E-state index contributed by atoms with van der Waals surface area (Å²) in [5.41, 5.74) is 0. The Morgan fingerprint density at radius 3 is 2.58 bits per heavy atom. The third kappa shape index (κ3) is 6.99. The quantitative estimate of drug-likeness (QED) is 0.375. The Hall–Kier alpha value is -1.12. The number of allylic oxidation sites excluding steroid dienone is 2. The fraction of sp³-hybridized carbons (Fsp3) is 0.556. The summed E-state index contributed by atoms with van der Waals surface area (Å²) in [6.45, 7) is 2.06. The molecule has 68 valence electrons. The number of hydrogen-bond donors (Lipinski definition) is 1. The summed E-state index contributed by atoms with van der Waals surface area (Å²) in [4.78, 5) is 20.8. The zero-order chi connectivity index (χ0) is 9.40. The van der Waals surface area contributed by atoms with E-state index in [-0.39, 0.29) is 5.78 Å². The number of carbonyl (C=O) groups excluding carboxylic acids is 1. The van der Waals surface area contributed by atoms with E-state index in [9.17, 15) is 9.59 Å². The monoisotopic (exact) mass is 170 g/mol. The molecule has 0 saturated heterocycles. The van der Waals surface area contributed by atoms with Crippen LogP contribution >= 0.6 is 0 Å². The van der Waals surface area contributed by atoms with E-state index in [1.54, 1.807) is 6.08 Å². The molecule has 0 radical (unpaired) electrons. The van der Waals surface area contributed by atoms with Crippen LogP contribution in [0.3, 0.4) is 0 Å². The van der Waals surface area contributed by atoms with Gasteiger partial charge in [0, 0.05) is 0 Å². The molecule has 0 aliphatic rings. The number of aliphatic carboxylic acids is 1. The molecule has 0 saturated carbocycles. The van der Waals surface area contributed by atoms with Crippen molar-refractivity contribution < 1.29 is 14.7 Å². The smallest absolute Gasteiger partial charge is 0.311 e. The second kappa shape index (κ2) is 6.58. The van der Waals surface area contributed by atoms with Gasteiger partial charge in [-0.15, -0.1) is 0 Å². The van der Waals surface area contributed by atoms with Crippen molar-refractivity contribution in [1.82, 2.24) is 0 Å². The molecule has 0 rings (SSSR count). The number of hydrogen-bond acceptors (Lipinski definition) is 2. The number of carboxylic acid groups (broad SMARTS) is 1. The molecule has 0 atom stereocenters. The van der Waals surface area contributed by atoms with Gasteiger partial charge in [-0.2, -0.15) is 0 Å². The summed E-state index contributed by atoms with van der Waals surface area (Å²) in [6, 6.07) is 0. The van der Waals surface area contributed by atoms with Gasteiger partial charge in [0.15, 0.2) is 5.78 Å². The topological polar surface area (TPSA) is 54.4 Å². The molecule has 0 spiro atoms. The molecule has 0 aliphatic carbocycles. The average molecular weight is 170 g/mol. The van der Waals surface area contributed by atoms with Gasteiger partial charge in [-0.1, -0.05) is 25.8 Å². The fourth-order valence-electron chi connectivity index (χ4n) is 0.745. The third-order valence-corrected chi connectivity index (χ3v) is 1.35. The Labute approximate surface area is 72.1 Å². The third-order valence-electron chi connectivity index (χ3n) is 1.35. The summed E-state index contributed by atoms with van der Waals surface area (Å²) < 4.78 is 0. The molecule has 3 nitrogen and oxygen atoms in total. The van der Waals surface area contributed by atoms with Gasteiger partial charge in [-0.25, -0.2) is 0 Å². The number of ketones is 1. The van der Waals surface area contributed by atoms with E-state index < -0.39 is 12.4 Å². The summed E-state index contributed by atoms with van der Waals surface area (Å²) >= 11 is 0.